The van der Waals surface area contributed by atoms with Gasteiger partial charge in [0.25, 0.3) is 9.84 Å². The lowest BCUT2D eigenvalue weighted by Crippen LogP contribution is -2.24. The molecule has 0 bridgehead atoms. The maximum Gasteiger partial charge on any atom is 0.501 e. The van der Waals surface area contributed by atoms with Gasteiger partial charge in [0.15, 0.2) is 0 Å². The summed E-state index contributed by atoms with van der Waals surface area (Å²) in [5, 5.41) is 3.93. The van der Waals surface area contributed by atoms with E-state index in [0.717, 1.165) is 6.07 Å². The number of hydrogen-bond donors (Lipinski definition) is 1. The van der Waals surface area contributed by atoms with Gasteiger partial charge in [-0.15, -0.1) is 0 Å². The summed E-state index contributed by atoms with van der Waals surface area (Å²) in [6, 6.07) is 1.77. The zero-order chi connectivity index (χ0) is 14.4. The highest BCUT2D eigenvalue weighted by Crippen LogP contribution is 2.35. The van der Waals surface area contributed by atoms with Crippen molar-refractivity contribution in [3.8, 4) is 0 Å². The Morgan fingerprint density at radius 1 is 1.11 bits per heavy atom. The quantitative estimate of drug-likeness (QED) is 0.887. The maximum absolute atomic E-state index is 12.3. The molecule has 1 aromatic rings. The number of rotatable bonds is 2. The zero-order valence-electron chi connectivity index (χ0n) is 8.27. The summed E-state index contributed by atoms with van der Waals surface area (Å²) < 4.78 is 81.0. The van der Waals surface area contributed by atoms with Crippen molar-refractivity contribution in [1.82, 2.24) is 0 Å². The van der Waals surface area contributed by atoms with Gasteiger partial charge in [0.2, 0.25) is 10.0 Å². The van der Waals surface area contributed by atoms with Crippen LogP contribution < -0.4 is 5.14 Å². The molecule has 0 amide bonds. The molecule has 0 aromatic heterocycles. The smallest absolute Gasteiger partial charge is 0.225 e. The van der Waals surface area contributed by atoms with Crippen LogP contribution in [0.5, 0.6) is 0 Å². The lowest BCUT2D eigenvalue weighted by atomic mass is 10.4. The van der Waals surface area contributed by atoms with Crippen LogP contribution in [0.1, 0.15) is 0 Å². The zero-order valence-corrected chi connectivity index (χ0v) is 10.7. The van der Waals surface area contributed by atoms with Gasteiger partial charge in [0.05, 0.1) is 14.8 Å². The number of sulfonamides is 1. The van der Waals surface area contributed by atoms with Gasteiger partial charge in [-0.3, -0.25) is 0 Å². The molecule has 0 radical (unpaired) electrons. The summed E-state index contributed by atoms with van der Waals surface area (Å²) in [5.74, 6) is 0. The van der Waals surface area contributed by atoms with Crippen molar-refractivity contribution in [1.29, 1.82) is 0 Å². The van der Waals surface area contributed by atoms with E-state index in [0.29, 0.717) is 6.07 Å². The van der Waals surface area contributed by atoms with Crippen LogP contribution in [0.25, 0.3) is 0 Å². The van der Waals surface area contributed by atoms with Crippen molar-refractivity contribution in [3.05, 3.63) is 23.2 Å². The van der Waals surface area contributed by atoms with Gasteiger partial charge < -0.3 is 0 Å². The molecule has 0 aliphatic heterocycles. The van der Waals surface area contributed by atoms with Crippen LogP contribution in [0, 0.1) is 0 Å². The number of alkyl halides is 3. The molecule has 0 atom stereocenters. The molecule has 0 spiro atoms. The van der Waals surface area contributed by atoms with Crippen LogP contribution in [0.4, 0.5) is 13.2 Å². The van der Waals surface area contributed by atoms with Gasteiger partial charge in [-0.1, -0.05) is 11.6 Å². The van der Waals surface area contributed by atoms with Gasteiger partial charge in [-0.05, 0) is 18.2 Å². The normalized spacial score (nSPS) is 13.6. The van der Waals surface area contributed by atoms with Crippen LogP contribution in [0.3, 0.4) is 0 Å². The fourth-order valence-electron chi connectivity index (χ4n) is 0.991. The lowest BCUT2D eigenvalue weighted by molar-refractivity contribution is -0.0436. The van der Waals surface area contributed by atoms with E-state index in [-0.39, 0.29) is 6.07 Å². The number of benzene rings is 1. The molecule has 18 heavy (non-hydrogen) atoms. The fourth-order valence-corrected chi connectivity index (χ4v) is 2.88. The summed E-state index contributed by atoms with van der Waals surface area (Å²) in [5.41, 5.74) is -5.59. The van der Waals surface area contributed by atoms with Crippen molar-refractivity contribution < 1.29 is 30.0 Å². The van der Waals surface area contributed by atoms with E-state index in [2.05, 4.69) is 5.14 Å². The monoisotopic (exact) mass is 323 g/mol. The molecule has 0 aliphatic rings. The molecule has 11 heteroatoms. The van der Waals surface area contributed by atoms with E-state index in [1.807, 2.05) is 0 Å². The molecule has 102 valence electrons. The minimum absolute atomic E-state index is 0.264. The first-order valence-electron chi connectivity index (χ1n) is 4.01. The number of hydrogen-bond acceptors (Lipinski definition) is 4. The maximum atomic E-state index is 12.3. The van der Waals surface area contributed by atoms with E-state index < -0.39 is 40.2 Å². The van der Waals surface area contributed by atoms with Crippen LogP contribution in [-0.4, -0.2) is 22.3 Å². The van der Waals surface area contributed by atoms with Crippen molar-refractivity contribution >= 4 is 31.5 Å². The Morgan fingerprint density at radius 2 is 1.61 bits per heavy atom. The second kappa shape index (κ2) is 4.37. The third-order valence-corrected chi connectivity index (χ3v) is 4.70. The third kappa shape index (κ3) is 2.76. The Balaban J connectivity index is 3.63. The molecule has 0 saturated heterocycles. The summed E-state index contributed by atoms with van der Waals surface area (Å²) in [7, 11) is -10.1. The molecular formula is C7H5ClF3NO4S2. The van der Waals surface area contributed by atoms with Crippen molar-refractivity contribution in [2.24, 2.45) is 5.14 Å². The highest BCUT2D eigenvalue weighted by molar-refractivity contribution is 7.92. The molecule has 0 heterocycles. The highest BCUT2D eigenvalue weighted by Gasteiger charge is 2.48. The molecular weight excluding hydrogens is 319 g/mol. The fraction of sp³-hybridized carbons (Fsp3) is 0.143. The predicted molar refractivity (Wildman–Crippen MR) is 56.1 cm³/mol. The molecule has 0 fully saturated rings. The lowest BCUT2D eigenvalue weighted by Gasteiger charge is -2.10. The average molecular weight is 324 g/mol. The van der Waals surface area contributed by atoms with E-state index >= 15 is 0 Å². The van der Waals surface area contributed by atoms with Crippen LogP contribution >= 0.6 is 11.6 Å². The van der Waals surface area contributed by atoms with Gasteiger partial charge in [-0.25, -0.2) is 22.0 Å². The summed E-state index contributed by atoms with van der Waals surface area (Å²) in [6.45, 7) is 0. The molecule has 2 N–H and O–H groups in total. The average Bonchev–Trinajstić information content (AvgIpc) is 2.14. The molecule has 5 nitrogen and oxygen atoms in total. The highest BCUT2D eigenvalue weighted by atomic mass is 35.5. The second-order valence-electron chi connectivity index (χ2n) is 3.09. The predicted octanol–water partition coefficient (Wildman–Crippen LogP) is 1.28. The Morgan fingerprint density at radius 3 is 2.00 bits per heavy atom. The number of halogens is 4. The van der Waals surface area contributed by atoms with Crippen molar-refractivity contribution in [2.45, 2.75) is 15.3 Å². The first-order valence-corrected chi connectivity index (χ1v) is 7.42. The van der Waals surface area contributed by atoms with Gasteiger partial charge >= 0.3 is 5.51 Å². The number of nitrogens with two attached hydrogens (primary N) is 1. The van der Waals surface area contributed by atoms with Crippen molar-refractivity contribution in [2.75, 3.05) is 0 Å². The van der Waals surface area contributed by atoms with Crippen molar-refractivity contribution in [3.63, 3.8) is 0 Å². The minimum atomic E-state index is -5.74. The van der Waals surface area contributed by atoms with E-state index in [4.69, 9.17) is 11.6 Å². The largest absolute Gasteiger partial charge is 0.501 e. The minimum Gasteiger partial charge on any atom is -0.225 e. The van der Waals surface area contributed by atoms with E-state index in [9.17, 15) is 30.0 Å². The molecule has 1 aromatic carbocycles. The Bertz CT molecular complexity index is 681. The van der Waals surface area contributed by atoms with Crippen LogP contribution in [-0.2, 0) is 19.9 Å². The first kappa shape index (κ1) is 15.2. The molecule has 1 rings (SSSR count). The van der Waals surface area contributed by atoms with E-state index in [1.165, 1.54) is 0 Å². The number of primary sulfonamides is 1. The van der Waals surface area contributed by atoms with Crippen LogP contribution in [0.15, 0.2) is 28.0 Å². The number of sulfone groups is 1. The summed E-state index contributed by atoms with van der Waals surface area (Å²) in [6.07, 6.45) is 0. The van der Waals surface area contributed by atoms with Gasteiger partial charge in [-0.2, -0.15) is 13.2 Å². The SMILES string of the molecule is NS(=O)(=O)c1ccc(Cl)c(S(=O)(=O)C(F)(F)F)c1. The Kier molecular flexibility index (Phi) is 3.69. The van der Waals surface area contributed by atoms with Crippen LogP contribution in [0.2, 0.25) is 5.02 Å². The molecule has 0 saturated carbocycles. The van der Waals surface area contributed by atoms with E-state index in [1.54, 1.807) is 0 Å². The Hall–Kier alpha value is -0.840. The third-order valence-electron chi connectivity index (χ3n) is 1.83. The van der Waals surface area contributed by atoms with Gasteiger partial charge in [0.1, 0.15) is 0 Å². The second-order valence-corrected chi connectivity index (χ2v) is 6.96. The summed E-state index contributed by atoms with van der Waals surface area (Å²) >= 11 is 5.32. The standard InChI is InChI=1S/C7H5ClF3NO4S2/c8-5-2-1-4(18(12,15)16)3-6(5)17(13,14)7(9,10)11/h1-3H,(H2,12,15,16). The summed E-state index contributed by atoms with van der Waals surface area (Å²) in [4.78, 5) is -2.14. The molecule has 0 unspecified atom stereocenters. The first-order chi connectivity index (χ1) is 7.87. The topological polar surface area (TPSA) is 94.3 Å². The van der Waals surface area contributed by atoms with Gasteiger partial charge in [0, 0.05) is 0 Å². The molecule has 0 aliphatic carbocycles. The Labute approximate surface area is 105 Å².